The average Bonchev–Trinajstić information content (AvgIpc) is 2.98. The Bertz CT molecular complexity index is 847. The number of hydrogen-bond donors (Lipinski definition) is 2. The first-order valence-electron chi connectivity index (χ1n) is 9.39. The highest BCUT2D eigenvalue weighted by atomic mass is 16.4. The summed E-state index contributed by atoms with van der Waals surface area (Å²) in [4.78, 5) is 52.7. The molecule has 0 aliphatic carbocycles. The molecule has 0 saturated carbocycles. The molecule has 0 aromatic heterocycles. The van der Waals surface area contributed by atoms with E-state index in [2.05, 4.69) is 10.2 Å². The third-order valence-electron chi connectivity index (χ3n) is 5.60. The number of hydrogen-bond acceptors (Lipinski definition) is 6. The standard InChI is InChI=1S/C19H22N4O5/c24-16-4-3-15(18(27)20-16)23-10-12-9-13(1-2-14(12)19(23)28)22-7-5-21(6-8-22)11-17(25)26/h1-2,9,15H,3-8,10-11H2,(H,25,26)(H,20,24,27). The van der Waals surface area contributed by atoms with Gasteiger partial charge in [-0.05, 0) is 30.2 Å². The van der Waals surface area contributed by atoms with Crippen molar-refractivity contribution in [3.8, 4) is 0 Å². The Morgan fingerprint density at radius 2 is 1.89 bits per heavy atom. The number of amides is 3. The summed E-state index contributed by atoms with van der Waals surface area (Å²) in [6.45, 7) is 3.18. The topological polar surface area (TPSA) is 110 Å². The summed E-state index contributed by atoms with van der Waals surface area (Å²) >= 11 is 0. The van der Waals surface area contributed by atoms with Crippen LogP contribution in [0.15, 0.2) is 18.2 Å². The molecular weight excluding hydrogens is 364 g/mol. The van der Waals surface area contributed by atoms with Gasteiger partial charge in [0.2, 0.25) is 11.8 Å². The minimum Gasteiger partial charge on any atom is -0.480 e. The van der Waals surface area contributed by atoms with Gasteiger partial charge in [-0.2, -0.15) is 0 Å². The number of carboxylic acid groups (broad SMARTS) is 1. The normalized spacial score (nSPS) is 23.0. The van der Waals surface area contributed by atoms with E-state index in [9.17, 15) is 19.2 Å². The number of carbonyl (C=O) groups excluding carboxylic acids is 3. The number of rotatable bonds is 4. The highest BCUT2D eigenvalue weighted by Crippen LogP contribution is 2.30. The Balaban J connectivity index is 1.45. The molecule has 3 aliphatic heterocycles. The van der Waals surface area contributed by atoms with E-state index in [4.69, 9.17) is 5.11 Å². The Morgan fingerprint density at radius 3 is 2.57 bits per heavy atom. The maximum atomic E-state index is 12.7. The van der Waals surface area contributed by atoms with E-state index in [1.807, 2.05) is 17.0 Å². The van der Waals surface area contributed by atoms with Crippen LogP contribution in [0.2, 0.25) is 0 Å². The van der Waals surface area contributed by atoms with Gasteiger partial charge in [0.1, 0.15) is 6.04 Å². The molecule has 9 nitrogen and oxygen atoms in total. The molecule has 0 radical (unpaired) electrons. The van der Waals surface area contributed by atoms with E-state index in [1.165, 1.54) is 0 Å². The predicted molar refractivity (Wildman–Crippen MR) is 98.8 cm³/mol. The van der Waals surface area contributed by atoms with Crippen molar-refractivity contribution in [2.24, 2.45) is 0 Å². The average molecular weight is 386 g/mol. The van der Waals surface area contributed by atoms with Crippen LogP contribution in [0.3, 0.4) is 0 Å². The number of carboxylic acids is 1. The maximum Gasteiger partial charge on any atom is 0.317 e. The summed E-state index contributed by atoms with van der Waals surface area (Å²) in [6, 6.07) is 5.06. The van der Waals surface area contributed by atoms with Gasteiger partial charge in [0, 0.05) is 50.4 Å². The predicted octanol–water partition coefficient (Wildman–Crippen LogP) is -0.346. The van der Waals surface area contributed by atoms with Crippen molar-refractivity contribution < 1.29 is 24.3 Å². The minimum atomic E-state index is -0.821. The molecule has 0 spiro atoms. The third kappa shape index (κ3) is 3.45. The smallest absolute Gasteiger partial charge is 0.317 e. The van der Waals surface area contributed by atoms with Crippen LogP contribution >= 0.6 is 0 Å². The minimum absolute atomic E-state index is 0.0491. The highest BCUT2D eigenvalue weighted by molar-refractivity contribution is 6.05. The molecular formula is C19H22N4O5. The monoisotopic (exact) mass is 386 g/mol. The summed E-state index contributed by atoms with van der Waals surface area (Å²) < 4.78 is 0. The number of nitrogens with one attached hydrogen (secondary N) is 1. The van der Waals surface area contributed by atoms with Crippen molar-refractivity contribution in [2.45, 2.75) is 25.4 Å². The first-order chi connectivity index (χ1) is 13.4. The van der Waals surface area contributed by atoms with Gasteiger partial charge >= 0.3 is 5.97 Å². The quantitative estimate of drug-likeness (QED) is 0.681. The second kappa shape index (κ2) is 7.23. The Kier molecular flexibility index (Phi) is 4.76. The summed E-state index contributed by atoms with van der Waals surface area (Å²) in [6.07, 6.45) is 0.588. The number of carbonyl (C=O) groups is 4. The lowest BCUT2D eigenvalue weighted by Gasteiger charge is -2.35. The maximum absolute atomic E-state index is 12.7. The largest absolute Gasteiger partial charge is 0.480 e. The number of aliphatic carboxylic acids is 1. The van der Waals surface area contributed by atoms with Gasteiger partial charge in [0.25, 0.3) is 5.91 Å². The molecule has 2 saturated heterocycles. The Morgan fingerprint density at radius 1 is 1.14 bits per heavy atom. The molecule has 3 heterocycles. The second-order valence-electron chi connectivity index (χ2n) is 7.40. The van der Waals surface area contributed by atoms with E-state index >= 15 is 0 Å². The Hall–Kier alpha value is -2.94. The van der Waals surface area contributed by atoms with E-state index in [-0.39, 0.29) is 24.8 Å². The van der Waals surface area contributed by atoms with Crippen LogP contribution in [-0.4, -0.2) is 77.4 Å². The van der Waals surface area contributed by atoms with Crippen molar-refractivity contribution >= 4 is 29.4 Å². The molecule has 4 rings (SSSR count). The molecule has 0 bridgehead atoms. The zero-order valence-electron chi connectivity index (χ0n) is 15.4. The number of piperazine rings is 1. The lowest BCUT2D eigenvalue weighted by molar-refractivity contribution is -0.139. The van der Waals surface area contributed by atoms with Crippen LogP contribution in [-0.2, 0) is 20.9 Å². The molecule has 3 aliphatic rings. The van der Waals surface area contributed by atoms with Gasteiger partial charge in [-0.25, -0.2) is 0 Å². The van der Waals surface area contributed by atoms with Crippen molar-refractivity contribution in [2.75, 3.05) is 37.6 Å². The van der Waals surface area contributed by atoms with E-state index < -0.39 is 17.9 Å². The van der Waals surface area contributed by atoms with Crippen molar-refractivity contribution in [1.82, 2.24) is 15.1 Å². The first-order valence-corrected chi connectivity index (χ1v) is 9.39. The summed E-state index contributed by atoms with van der Waals surface area (Å²) in [5, 5.41) is 11.2. The number of piperidine rings is 1. The van der Waals surface area contributed by atoms with Gasteiger partial charge in [0.05, 0.1) is 6.54 Å². The number of nitrogens with zero attached hydrogens (tertiary/aromatic N) is 3. The molecule has 28 heavy (non-hydrogen) atoms. The fourth-order valence-corrected chi connectivity index (χ4v) is 4.11. The lowest BCUT2D eigenvalue weighted by Crippen LogP contribution is -2.52. The van der Waals surface area contributed by atoms with Crippen LogP contribution < -0.4 is 10.2 Å². The lowest BCUT2D eigenvalue weighted by atomic mass is 10.0. The van der Waals surface area contributed by atoms with Crippen LogP contribution in [0, 0.1) is 0 Å². The molecule has 1 unspecified atom stereocenters. The van der Waals surface area contributed by atoms with E-state index in [0.29, 0.717) is 31.6 Å². The van der Waals surface area contributed by atoms with Gasteiger partial charge in [-0.3, -0.25) is 29.4 Å². The molecule has 2 fully saturated rings. The molecule has 1 aromatic rings. The van der Waals surface area contributed by atoms with Crippen LogP contribution in [0.5, 0.6) is 0 Å². The zero-order chi connectivity index (χ0) is 19.8. The van der Waals surface area contributed by atoms with Crippen LogP contribution in [0.4, 0.5) is 5.69 Å². The summed E-state index contributed by atoms with van der Waals surface area (Å²) in [5.74, 6) is -1.71. The third-order valence-corrected chi connectivity index (χ3v) is 5.60. The number of benzene rings is 1. The summed E-state index contributed by atoms with van der Waals surface area (Å²) in [7, 11) is 0. The van der Waals surface area contributed by atoms with E-state index in [0.717, 1.165) is 24.3 Å². The zero-order valence-corrected chi connectivity index (χ0v) is 15.4. The fraction of sp³-hybridized carbons (Fsp3) is 0.474. The van der Waals surface area contributed by atoms with E-state index in [1.54, 1.807) is 11.0 Å². The summed E-state index contributed by atoms with van der Waals surface area (Å²) in [5.41, 5.74) is 2.46. The number of imide groups is 1. The number of fused-ring (bicyclic) bond motifs is 1. The van der Waals surface area contributed by atoms with Crippen molar-refractivity contribution in [3.05, 3.63) is 29.3 Å². The molecule has 9 heteroatoms. The Labute approximate surface area is 161 Å². The van der Waals surface area contributed by atoms with Gasteiger partial charge in [-0.1, -0.05) is 0 Å². The highest BCUT2D eigenvalue weighted by Gasteiger charge is 2.39. The molecule has 2 N–H and O–H groups in total. The van der Waals surface area contributed by atoms with Crippen molar-refractivity contribution in [3.63, 3.8) is 0 Å². The first kappa shape index (κ1) is 18.4. The second-order valence-corrected chi connectivity index (χ2v) is 7.40. The van der Waals surface area contributed by atoms with Crippen LogP contribution in [0.1, 0.15) is 28.8 Å². The molecule has 1 atom stereocenters. The van der Waals surface area contributed by atoms with Crippen molar-refractivity contribution in [1.29, 1.82) is 0 Å². The molecule has 1 aromatic carbocycles. The fourth-order valence-electron chi connectivity index (χ4n) is 4.11. The van der Waals surface area contributed by atoms with Crippen LogP contribution in [0.25, 0.3) is 0 Å². The molecule has 3 amide bonds. The van der Waals surface area contributed by atoms with Gasteiger partial charge in [0.15, 0.2) is 0 Å². The van der Waals surface area contributed by atoms with Gasteiger partial charge in [-0.15, -0.1) is 0 Å². The molecule has 148 valence electrons. The number of anilines is 1. The van der Waals surface area contributed by atoms with Gasteiger partial charge < -0.3 is 14.9 Å². The SMILES string of the molecule is O=C(O)CN1CCN(c2ccc3c(c2)CN(C2CCC(=O)NC2=O)C3=O)CC1.